The van der Waals surface area contributed by atoms with Gasteiger partial charge in [-0.25, -0.2) is 4.39 Å². The van der Waals surface area contributed by atoms with Gasteiger partial charge in [0.25, 0.3) is 5.56 Å². The molecule has 124 valence electrons. The van der Waals surface area contributed by atoms with E-state index in [2.05, 4.69) is 6.07 Å². The molecule has 0 spiro atoms. The summed E-state index contributed by atoms with van der Waals surface area (Å²) in [4.78, 5) is 13.1. The van der Waals surface area contributed by atoms with Crippen LogP contribution in [0.15, 0.2) is 65.5 Å². The van der Waals surface area contributed by atoms with E-state index in [1.165, 1.54) is 12.1 Å². The van der Waals surface area contributed by atoms with Gasteiger partial charge in [0.05, 0.1) is 12.1 Å². The molecule has 1 heterocycles. The number of halogens is 1. The van der Waals surface area contributed by atoms with E-state index in [1.807, 2.05) is 50.2 Å². The zero-order valence-electron chi connectivity index (χ0n) is 14.2. The molecule has 0 aliphatic carbocycles. The molecule has 0 saturated carbocycles. The summed E-state index contributed by atoms with van der Waals surface area (Å²) in [6.07, 6.45) is 0. The monoisotopic (exact) mass is 331 g/mol. The van der Waals surface area contributed by atoms with Crippen LogP contribution in [-0.4, -0.2) is 4.57 Å². The fourth-order valence-electron chi connectivity index (χ4n) is 3.61. The van der Waals surface area contributed by atoms with Gasteiger partial charge in [0.1, 0.15) is 5.82 Å². The van der Waals surface area contributed by atoms with Crippen molar-refractivity contribution in [3.05, 3.63) is 93.5 Å². The predicted molar refractivity (Wildman–Crippen MR) is 101 cm³/mol. The van der Waals surface area contributed by atoms with Gasteiger partial charge in [0.15, 0.2) is 0 Å². The van der Waals surface area contributed by atoms with Crippen LogP contribution in [0.3, 0.4) is 0 Å². The molecule has 2 nitrogen and oxygen atoms in total. The molecule has 4 rings (SSSR count). The smallest absolute Gasteiger partial charge is 0.259 e. The van der Waals surface area contributed by atoms with Gasteiger partial charge in [-0.05, 0) is 54.6 Å². The largest absolute Gasteiger partial charge is 0.303 e. The summed E-state index contributed by atoms with van der Waals surface area (Å²) < 4.78 is 15.6. The summed E-state index contributed by atoms with van der Waals surface area (Å²) in [7, 11) is 0. The Hall–Kier alpha value is -2.94. The van der Waals surface area contributed by atoms with Crippen LogP contribution < -0.4 is 5.56 Å². The quantitative estimate of drug-likeness (QED) is 0.476. The lowest BCUT2D eigenvalue weighted by Crippen LogP contribution is -2.22. The third-order valence-electron chi connectivity index (χ3n) is 4.65. The second kappa shape index (κ2) is 5.85. The van der Waals surface area contributed by atoms with Crippen LogP contribution in [0.5, 0.6) is 0 Å². The van der Waals surface area contributed by atoms with Crippen molar-refractivity contribution in [3.8, 4) is 0 Å². The van der Waals surface area contributed by atoms with Crippen LogP contribution in [0.2, 0.25) is 0 Å². The van der Waals surface area contributed by atoms with Crippen LogP contribution in [0, 0.1) is 19.7 Å². The molecular formula is C22H18FNO. The lowest BCUT2D eigenvalue weighted by atomic mass is 10.0. The highest BCUT2D eigenvalue weighted by Crippen LogP contribution is 2.27. The Morgan fingerprint density at radius 2 is 1.64 bits per heavy atom. The van der Waals surface area contributed by atoms with E-state index in [0.717, 1.165) is 27.6 Å². The van der Waals surface area contributed by atoms with E-state index in [-0.39, 0.29) is 11.4 Å². The molecule has 3 aromatic carbocycles. The molecule has 0 radical (unpaired) electrons. The molecule has 0 aliphatic heterocycles. The Labute approximate surface area is 145 Å². The third-order valence-corrected chi connectivity index (χ3v) is 4.65. The molecule has 4 aromatic rings. The lowest BCUT2D eigenvalue weighted by Gasteiger charge is -2.16. The number of pyridine rings is 1. The maximum absolute atomic E-state index is 13.8. The summed E-state index contributed by atoms with van der Waals surface area (Å²) in [5.41, 5.74) is 3.97. The normalized spacial score (nSPS) is 11.3. The molecule has 0 atom stereocenters. The Kier molecular flexibility index (Phi) is 3.65. The van der Waals surface area contributed by atoms with E-state index >= 15 is 0 Å². The summed E-state index contributed by atoms with van der Waals surface area (Å²) in [5.74, 6) is -0.326. The number of hydrogen-bond donors (Lipinski definition) is 0. The van der Waals surface area contributed by atoms with Crippen molar-refractivity contribution in [2.45, 2.75) is 20.4 Å². The Morgan fingerprint density at radius 1 is 0.880 bits per heavy atom. The highest BCUT2D eigenvalue weighted by atomic mass is 19.1. The number of aromatic nitrogens is 1. The first-order valence-corrected chi connectivity index (χ1v) is 8.31. The van der Waals surface area contributed by atoms with Crippen LogP contribution in [0.25, 0.3) is 21.7 Å². The molecule has 0 aliphatic rings. The minimum Gasteiger partial charge on any atom is -0.303 e. The molecule has 0 bridgehead atoms. The molecule has 0 fully saturated rings. The van der Waals surface area contributed by atoms with Gasteiger partial charge in [0, 0.05) is 10.8 Å². The van der Waals surface area contributed by atoms with Crippen LogP contribution in [0.4, 0.5) is 4.39 Å². The number of rotatable bonds is 2. The minimum atomic E-state index is -0.326. The summed E-state index contributed by atoms with van der Waals surface area (Å²) >= 11 is 0. The fourth-order valence-corrected chi connectivity index (χ4v) is 3.61. The van der Waals surface area contributed by atoms with Gasteiger partial charge in [-0.15, -0.1) is 0 Å². The molecule has 0 unspecified atom stereocenters. The fraction of sp³-hybridized carbons (Fsp3) is 0.136. The van der Waals surface area contributed by atoms with Gasteiger partial charge in [-0.2, -0.15) is 0 Å². The zero-order chi connectivity index (χ0) is 17.6. The predicted octanol–water partition coefficient (Wildman–Crippen LogP) is 4.96. The van der Waals surface area contributed by atoms with E-state index in [4.69, 9.17) is 0 Å². The van der Waals surface area contributed by atoms with Crippen molar-refractivity contribution >= 4 is 21.7 Å². The SMILES string of the molecule is Cc1cc(C)c2c(c1)c1cc(F)ccc1c(=O)n2Cc1ccccc1. The van der Waals surface area contributed by atoms with Crippen molar-refractivity contribution in [2.75, 3.05) is 0 Å². The van der Waals surface area contributed by atoms with Crippen molar-refractivity contribution in [1.29, 1.82) is 0 Å². The van der Waals surface area contributed by atoms with Gasteiger partial charge in [-0.3, -0.25) is 4.79 Å². The first-order chi connectivity index (χ1) is 12.0. The average molecular weight is 331 g/mol. The van der Waals surface area contributed by atoms with E-state index in [0.29, 0.717) is 17.3 Å². The van der Waals surface area contributed by atoms with Gasteiger partial charge >= 0.3 is 0 Å². The molecule has 0 amide bonds. The first kappa shape index (κ1) is 15.6. The first-order valence-electron chi connectivity index (χ1n) is 8.31. The van der Waals surface area contributed by atoms with Crippen LogP contribution >= 0.6 is 0 Å². The highest BCUT2D eigenvalue weighted by Gasteiger charge is 2.14. The molecule has 25 heavy (non-hydrogen) atoms. The molecule has 1 aromatic heterocycles. The standard InChI is InChI=1S/C22H18FNO/c1-14-10-15(2)21-20(11-14)19-12-17(23)8-9-18(19)22(25)24(21)13-16-6-4-3-5-7-16/h3-12H,13H2,1-2H3. The number of benzene rings is 3. The van der Waals surface area contributed by atoms with Gasteiger partial charge in [-0.1, -0.05) is 42.0 Å². The van der Waals surface area contributed by atoms with Gasteiger partial charge < -0.3 is 4.57 Å². The summed E-state index contributed by atoms with van der Waals surface area (Å²) in [6, 6.07) is 18.4. The lowest BCUT2D eigenvalue weighted by molar-refractivity contribution is 0.629. The highest BCUT2D eigenvalue weighted by molar-refractivity contribution is 6.06. The van der Waals surface area contributed by atoms with Crippen molar-refractivity contribution in [2.24, 2.45) is 0 Å². The van der Waals surface area contributed by atoms with Crippen molar-refractivity contribution in [1.82, 2.24) is 4.57 Å². The van der Waals surface area contributed by atoms with Crippen LogP contribution in [0.1, 0.15) is 16.7 Å². The Balaban J connectivity index is 2.15. The Bertz CT molecular complexity index is 1160. The average Bonchev–Trinajstić information content (AvgIpc) is 2.59. The van der Waals surface area contributed by atoms with Gasteiger partial charge in [0.2, 0.25) is 0 Å². The second-order valence-corrected chi connectivity index (χ2v) is 6.54. The van der Waals surface area contributed by atoms with Crippen molar-refractivity contribution < 1.29 is 4.39 Å². The number of nitrogens with zero attached hydrogens (tertiary/aromatic N) is 1. The molecular weight excluding hydrogens is 313 g/mol. The number of aryl methyl sites for hydroxylation is 2. The molecule has 3 heteroatoms. The van der Waals surface area contributed by atoms with E-state index in [1.54, 1.807) is 10.6 Å². The van der Waals surface area contributed by atoms with Crippen molar-refractivity contribution in [3.63, 3.8) is 0 Å². The third kappa shape index (κ3) is 2.62. The summed E-state index contributed by atoms with van der Waals surface area (Å²) in [5, 5.41) is 2.15. The van der Waals surface area contributed by atoms with E-state index < -0.39 is 0 Å². The molecule has 0 N–H and O–H groups in total. The Morgan fingerprint density at radius 3 is 2.40 bits per heavy atom. The maximum atomic E-state index is 13.8. The number of fused-ring (bicyclic) bond motifs is 3. The topological polar surface area (TPSA) is 22.0 Å². The summed E-state index contributed by atoms with van der Waals surface area (Å²) in [6.45, 7) is 4.51. The van der Waals surface area contributed by atoms with E-state index in [9.17, 15) is 9.18 Å². The van der Waals surface area contributed by atoms with Crippen LogP contribution in [-0.2, 0) is 6.54 Å². The molecule has 0 saturated heterocycles. The zero-order valence-corrected chi connectivity index (χ0v) is 14.2. The maximum Gasteiger partial charge on any atom is 0.259 e. The minimum absolute atomic E-state index is 0.0849. The number of hydrogen-bond acceptors (Lipinski definition) is 1. The second-order valence-electron chi connectivity index (χ2n) is 6.54.